The number of amides is 1. The number of benzene rings is 3. The molecular formula is C24H24N2O3. The Morgan fingerprint density at radius 2 is 1.79 bits per heavy atom. The second-order valence-electron chi connectivity index (χ2n) is 8.00. The highest BCUT2D eigenvalue weighted by Gasteiger charge is 2.46. The van der Waals surface area contributed by atoms with E-state index in [4.69, 9.17) is 9.47 Å². The van der Waals surface area contributed by atoms with Crippen LogP contribution in [0.15, 0.2) is 60.7 Å². The van der Waals surface area contributed by atoms with E-state index < -0.39 is 5.54 Å². The third kappa shape index (κ3) is 3.32. The number of ether oxygens (including phenoxy) is 2. The summed E-state index contributed by atoms with van der Waals surface area (Å²) in [6, 6.07) is 20.7. The van der Waals surface area contributed by atoms with E-state index >= 15 is 0 Å². The van der Waals surface area contributed by atoms with E-state index in [2.05, 4.69) is 52.7 Å². The number of carbonyl (C=O) groups is 1. The molecule has 0 bridgehead atoms. The van der Waals surface area contributed by atoms with Crippen LogP contribution >= 0.6 is 0 Å². The summed E-state index contributed by atoms with van der Waals surface area (Å²) in [7, 11) is 0. The molecule has 0 saturated carbocycles. The Labute approximate surface area is 170 Å². The molecule has 1 unspecified atom stereocenters. The zero-order valence-electron chi connectivity index (χ0n) is 16.5. The first kappa shape index (κ1) is 18.0. The van der Waals surface area contributed by atoms with Crippen molar-refractivity contribution < 1.29 is 14.3 Å². The van der Waals surface area contributed by atoms with Gasteiger partial charge in [0.1, 0.15) is 0 Å². The number of hydrogen-bond donors (Lipinski definition) is 1. The lowest BCUT2D eigenvalue weighted by Crippen LogP contribution is -2.65. The van der Waals surface area contributed by atoms with E-state index in [1.807, 2.05) is 25.1 Å². The smallest absolute Gasteiger partial charge is 0.240 e. The van der Waals surface area contributed by atoms with E-state index in [1.54, 1.807) is 0 Å². The Morgan fingerprint density at radius 3 is 2.62 bits per heavy atom. The first-order chi connectivity index (χ1) is 14.1. The lowest BCUT2D eigenvalue weighted by atomic mass is 9.85. The summed E-state index contributed by atoms with van der Waals surface area (Å²) in [4.78, 5) is 15.2. The van der Waals surface area contributed by atoms with E-state index in [0.29, 0.717) is 6.54 Å². The van der Waals surface area contributed by atoms with Gasteiger partial charge in [-0.3, -0.25) is 9.69 Å². The van der Waals surface area contributed by atoms with Gasteiger partial charge in [0.25, 0.3) is 0 Å². The molecule has 3 aromatic rings. The lowest BCUT2D eigenvalue weighted by molar-refractivity contribution is -0.142. The summed E-state index contributed by atoms with van der Waals surface area (Å²) < 4.78 is 10.8. The number of fused-ring (bicyclic) bond motifs is 2. The fourth-order valence-electron chi connectivity index (χ4n) is 4.10. The summed E-state index contributed by atoms with van der Waals surface area (Å²) in [5.41, 5.74) is 1.77. The van der Waals surface area contributed by atoms with Crippen LogP contribution in [-0.4, -0.2) is 29.7 Å². The van der Waals surface area contributed by atoms with Crippen LogP contribution in [0.3, 0.4) is 0 Å². The predicted molar refractivity (Wildman–Crippen MR) is 112 cm³/mol. The van der Waals surface area contributed by atoms with Crippen molar-refractivity contribution >= 4 is 16.7 Å². The average Bonchev–Trinajstić information content (AvgIpc) is 3.22. The minimum Gasteiger partial charge on any atom is -0.454 e. The highest BCUT2D eigenvalue weighted by molar-refractivity contribution is 5.87. The van der Waals surface area contributed by atoms with Crippen molar-refractivity contribution in [3.63, 3.8) is 0 Å². The second kappa shape index (κ2) is 7.08. The second-order valence-corrected chi connectivity index (χ2v) is 8.00. The third-order valence-corrected chi connectivity index (χ3v) is 6.13. The Morgan fingerprint density at radius 1 is 1.00 bits per heavy atom. The number of likely N-dealkylation sites (tertiary alicyclic amines) is 1. The molecule has 1 atom stereocenters. The number of rotatable bonds is 5. The van der Waals surface area contributed by atoms with Gasteiger partial charge in [0.2, 0.25) is 12.7 Å². The summed E-state index contributed by atoms with van der Waals surface area (Å²) in [6.45, 7) is 4.48. The van der Waals surface area contributed by atoms with Gasteiger partial charge in [-0.25, -0.2) is 0 Å². The highest BCUT2D eigenvalue weighted by Crippen LogP contribution is 2.34. The first-order valence-electron chi connectivity index (χ1n) is 10.0. The Kier molecular flexibility index (Phi) is 4.40. The van der Waals surface area contributed by atoms with Crippen molar-refractivity contribution in [1.82, 2.24) is 10.2 Å². The van der Waals surface area contributed by atoms with Crippen LogP contribution in [0.2, 0.25) is 0 Å². The van der Waals surface area contributed by atoms with Gasteiger partial charge in [0.05, 0.1) is 5.54 Å². The van der Waals surface area contributed by atoms with E-state index in [0.717, 1.165) is 36.6 Å². The molecule has 1 amide bonds. The third-order valence-electron chi connectivity index (χ3n) is 6.13. The largest absolute Gasteiger partial charge is 0.454 e. The Hall–Kier alpha value is -3.05. The summed E-state index contributed by atoms with van der Waals surface area (Å²) in [5.74, 6) is 1.57. The van der Waals surface area contributed by atoms with Crippen LogP contribution in [0, 0.1) is 0 Å². The molecule has 148 valence electrons. The fraction of sp³-hybridized carbons (Fsp3) is 0.292. The standard InChI is InChI=1S/C24H24N2O3/c1-24(23(27)25-14-17-7-9-21-22(13-17)29-16-28-21)10-11-26(24)15-18-6-8-19-4-2-3-5-20(19)12-18/h2-9,12-13H,10-11,14-16H2,1H3,(H,25,27). The number of nitrogens with zero attached hydrogens (tertiary/aromatic N) is 1. The molecule has 1 saturated heterocycles. The van der Waals surface area contributed by atoms with Crippen LogP contribution in [0.1, 0.15) is 24.5 Å². The van der Waals surface area contributed by atoms with Gasteiger partial charge in [0.15, 0.2) is 11.5 Å². The number of carbonyl (C=O) groups excluding carboxylic acids is 1. The predicted octanol–water partition coefficient (Wildman–Crippen LogP) is 3.85. The van der Waals surface area contributed by atoms with Gasteiger partial charge in [-0.15, -0.1) is 0 Å². The Balaban J connectivity index is 1.24. The molecule has 5 rings (SSSR count). The van der Waals surface area contributed by atoms with Gasteiger partial charge >= 0.3 is 0 Å². The van der Waals surface area contributed by atoms with E-state index in [1.165, 1.54) is 16.3 Å². The molecule has 5 heteroatoms. The molecule has 5 nitrogen and oxygen atoms in total. The van der Waals surface area contributed by atoms with E-state index in [-0.39, 0.29) is 12.7 Å². The minimum absolute atomic E-state index is 0.0715. The minimum atomic E-state index is -0.470. The van der Waals surface area contributed by atoms with Gasteiger partial charge < -0.3 is 14.8 Å². The molecule has 2 aliphatic heterocycles. The van der Waals surface area contributed by atoms with Crippen LogP contribution in [0.25, 0.3) is 10.8 Å². The molecule has 0 spiro atoms. The van der Waals surface area contributed by atoms with Crippen molar-refractivity contribution in [2.75, 3.05) is 13.3 Å². The SMILES string of the molecule is CC1(C(=O)NCc2ccc3c(c2)OCO3)CCN1Cc1ccc2ccccc2c1. The maximum Gasteiger partial charge on any atom is 0.240 e. The molecule has 1 N–H and O–H groups in total. The molecular weight excluding hydrogens is 364 g/mol. The molecule has 0 aliphatic carbocycles. The van der Waals surface area contributed by atoms with E-state index in [9.17, 15) is 4.79 Å². The van der Waals surface area contributed by atoms with Crippen molar-refractivity contribution in [2.24, 2.45) is 0 Å². The summed E-state index contributed by atoms with van der Waals surface area (Å²) >= 11 is 0. The molecule has 3 aromatic carbocycles. The van der Waals surface area contributed by atoms with Gasteiger partial charge in [-0.1, -0.05) is 42.5 Å². The van der Waals surface area contributed by atoms with Crippen molar-refractivity contribution in [2.45, 2.75) is 32.0 Å². The normalized spacial score (nSPS) is 20.4. The molecule has 29 heavy (non-hydrogen) atoms. The Bertz CT molecular complexity index is 1080. The van der Waals surface area contributed by atoms with Crippen LogP contribution in [0.4, 0.5) is 0 Å². The zero-order valence-corrected chi connectivity index (χ0v) is 16.5. The van der Waals surface area contributed by atoms with Crippen molar-refractivity contribution in [3.8, 4) is 11.5 Å². The molecule has 0 aromatic heterocycles. The quantitative estimate of drug-likeness (QED) is 0.721. The monoisotopic (exact) mass is 388 g/mol. The van der Waals surface area contributed by atoms with Crippen LogP contribution in [0.5, 0.6) is 11.5 Å². The van der Waals surface area contributed by atoms with Gasteiger partial charge in [-0.2, -0.15) is 0 Å². The van der Waals surface area contributed by atoms with Crippen molar-refractivity contribution in [1.29, 1.82) is 0 Å². The molecule has 1 fully saturated rings. The zero-order chi connectivity index (χ0) is 19.8. The van der Waals surface area contributed by atoms with Crippen LogP contribution < -0.4 is 14.8 Å². The maximum absolute atomic E-state index is 13.0. The van der Waals surface area contributed by atoms with Crippen LogP contribution in [-0.2, 0) is 17.9 Å². The maximum atomic E-state index is 13.0. The fourth-order valence-corrected chi connectivity index (χ4v) is 4.10. The molecule has 2 heterocycles. The highest BCUT2D eigenvalue weighted by atomic mass is 16.7. The average molecular weight is 388 g/mol. The summed E-state index contributed by atoms with van der Waals surface area (Å²) in [5, 5.41) is 5.58. The lowest BCUT2D eigenvalue weighted by Gasteiger charge is -2.49. The van der Waals surface area contributed by atoms with Gasteiger partial charge in [0, 0.05) is 19.6 Å². The summed E-state index contributed by atoms with van der Waals surface area (Å²) in [6.07, 6.45) is 0.869. The first-order valence-corrected chi connectivity index (χ1v) is 10.0. The van der Waals surface area contributed by atoms with Gasteiger partial charge in [-0.05, 0) is 53.4 Å². The molecule has 0 radical (unpaired) electrons. The number of hydrogen-bond acceptors (Lipinski definition) is 4. The molecule has 2 aliphatic rings. The van der Waals surface area contributed by atoms with Crippen molar-refractivity contribution in [3.05, 3.63) is 71.8 Å². The number of nitrogens with one attached hydrogen (secondary N) is 1. The topological polar surface area (TPSA) is 50.8 Å².